The van der Waals surface area contributed by atoms with E-state index in [0.29, 0.717) is 12.2 Å². The van der Waals surface area contributed by atoms with Crippen molar-refractivity contribution in [3.63, 3.8) is 0 Å². The van der Waals surface area contributed by atoms with E-state index in [-0.39, 0.29) is 5.91 Å². The highest BCUT2D eigenvalue weighted by atomic mass is 32.1. The molecule has 1 aliphatic rings. The molecule has 0 unspecified atom stereocenters. The Balaban J connectivity index is 2.13. The first-order valence-electron chi connectivity index (χ1n) is 6.34. The SMILES string of the molecule is CCC(=O)Nc1ncnc2sc3c(c12)CCCC3. The van der Waals surface area contributed by atoms with Crippen molar-refractivity contribution in [2.45, 2.75) is 39.0 Å². The summed E-state index contributed by atoms with van der Waals surface area (Å²) in [5.74, 6) is 0.692. The zero-order chi connectivity index (χ0) is 12.5. The second-order valence-electron chi connectivity index (χ2n) is 4.52. The Morgan fingerprint density at radius 3 is 3.06 bits per heavy atom. The molecule has 0 saturated heterocycles. The molecule has 3 rings (SSSR count). The third-order valence-electron chi connectivity index (χ3n) is 3.33. The maximum Gasteiger partial charge on any atom is 0.225 e. The van der Waals surface area contributed by atoms with Crippen molar-refractivity contribution in [1.29, 1.82) is 0 Å². The average Bonchev–Trinajstić information content (AvgIpc) is 2.78. The summed E-state index contributed by atoms with van der Waals surface area (Å²) in [7, 11) is 0. The van der Waals surface area contributed by atoms with E-state index in [9.17, 15) is 4.79 Å². The Bertz CT molecular complexity index is 606. The van der Waals surface area contributed by atoms with Crippen molar-refractivity contribution in [1.82, 2.24) is 9.97 Å². The lowest BCUT2D eigenvalue weighted by atomic mass is 9.97. The molecule has 2 aromatic rings. The summed E-state index contributed by atoms with van der Waals surface area (Å²) in [5, 5.41) is 3.96. The van der Waals surface area contributed by atoms with Crippen LogP contribution in [0, 0.1) is 0 Å². The Morgan fingerprint density at radius 1 is 1.39 bits per heavy atom. The smallest absolute Gasteiger partial charge is 0.225 e. The van der Waals surface area contributed by atoms with Crippen LogP contribution < -0.4 is 5.32 Å². The Kier molecular flexibility index (Phi) is 2.99. The second kappa shape index (κ2) is 4.65. The van der Waals surface area contributed by atoms with E-state index >= 15 is 0 Å². The van der Waals surface area contributed by atoms with Gasteiger partial charge < -0.3 is 5.32 Å². The summed E-state index contributed by atoms with van der Waals surface area (Å²) in [6, 6.07) is 0. The van der Waals surface area contributed by atoms with Crippen molar-refractivity contribution in [2.24, 2.45) is 0 Å². The maximum absolute atomic E-state index is 11.5. The van der Waals surface area contributed by atoms with Crippen LogP contribution >= 0.6 is 11.3 Å². The number of nitrogens with one attached hydrogen (secondary N) is 1. The van der Waals surface area contributed by atoms with Crippen molar-refractivity contribution >= 4 is 33.3 Å². The summed E-state index contributed by atoms with van der Waals surface area (Å²) in [5.41, 5.74) is 1.35. The summed E-state index contributed by atoms with van der Waals surface area (Å²) < 4.78 is 0. The van der Waals surface area contributed by atoms with Crippen LogP contribution in [-0.2, 0) is 17.6 Å². The van der Waals surface area contributed by atoms with E-state index < -0.39 is 0 Å². The quantitative estimate of drug-likeness (QED) is 0.904. The molecule has 0 bridgehead atoms. The van der Waals surface area contributed by atoms with Crippen LogP contribution in [0.15, 0.2) is 6.33 Å². The van der Waals surface area contributed by atoms with Crippen molar-refractivity contribution < 1.29 is 4.79 Å². The molecular formula is C13H15N3OS. The predicted molar refractivity (Wildman–Crippen MR) is 73.0 cm³/mol. The zero-order valence-electron chi connectivity index (χ0n) is 10.3. The zero-order valence-corrected chi connectivity index (χ0v) is 11.1. The molecule has 2 heterocycles. The number of nitrogens with zero attached hydrogens (tertiary/aromatic N) is 2. The fraction of sp³-hybridized carbons (Fsp3) is 0.462. The standard InChI is InChI=1S/C13H15N3OS/c1-2-10(17)16-12-11-8-5-3-4-6-9(8)18-13(11)15-7-14-12/h7H,2-6H2,1H3,(H,14,15,16,17). The van der Waals surface area contributed by atoms with Gasteiger partial charge in [-0.2, -0.15) is 0 Å². The van der Waals surface area contributed by atoms with E-state index in [2.05, 4.69) is 15.3 Å². The number of thiophene rings is 1. The van der Waals surface area contributed by atoms with E-state index in [4.69, 9.17) is 0 Å². The van der Waals surface area contributed by atoms with Crippen molar-refractivity contribution in [2.75, 3.05) is 5.32 Å². The molecule has 0 aliphatic heterocycles. The molecule has 0 radical (unpaired) electrons. The molecule has 1 N–H and O–H groups in total. The molecule has 0 saturated carbocycles. The fourth-order valence-electron chi connectivity index (χ4n) is 2.41. The molecule has 0 fully saturated rings. The molecule has 0 spiro atoms. The normalized spacial score (nSPS) is 14.5. The highest BCUT2D eigenvalue weighted by Crippen LogP contribution is 2.38. The van der Waals surface area contributed by atoms with E-state index in [1.807, 2.05) is 6.92 Å². The van der Waals surface area contributed by atoms with Gasteiger partial charge in [0.15, 0.2) is 0 Å². The molecule has 2 aromatic heterocycles. The third-order valence-corrected chi connectivity index (χ3v) is 4.53. The number of amides is 1. The lowest BCUT2D eigenvalue weighted by Gasteiger charge is -2.11. The van der Waals surface area contributed by atoms with Crippen LogP contribution in [0.1, 0.15) is 36.6 Å². The highest BCUT2D eigenvalue weighted by molar-refractivity contribution is 7.19. The van der Waals surface area contributed by atoms with Gasteiger partial charge in [-0.3, -0.25) is 4.79 Å². The van der Waals surface area contributed by atoms with Gasteiger partial charge in [0, 0.05) is 11.3 Å². The second-order valence-corrected chi connectivity index (χ2v) is 5.60. The van der Waals surface area contributed by atoms with Crippen molar-refractivity contribution in [3.05, 3.63) is 16.8 Å². The fourth-order valence-corrected chi connectivity index (χ4v) is 3.63. The van der Waals surface area contributed by atoms with Gasteiger partial charge in [0.2, 0.25) is 5.91 Å². The monoisotopic (exact) mass is 261 g/mol. The molecule has 1 aliphatic carbocycles. The van der Waals surface area contributed by atoms with E-state index in [0.717, 1.165) is 23.1 Å². The number of anilines is 1. The average molecular weight is 261 g/mol. The molecule has 94 valence electrons. The number of carbonyl (C=O) groups excluding carboxylic acids is 1. The van der Waals surface area contributed by atoms with Crippen LogP contribution in [0.25, 0.3) is 10.2 Å². The summed E-state index contributed by atoms with van der Waals surface area (Å²) in [6.07, 6.45) is 6.70. The minimum atomic E-state index is 0.00533. The minimum absolute atomic E-state index is 0.00533. The first-order chi connectivity index (χ1) is 8.79. The third kappa shape index (κ3) is 1.88. The number of aryl methyl sites for hydroxylation is 2. The number of fused-ring (bicyclic) bond motifs is 3. The lowest BCUT2D eigenvalue weighted by Crippen LogP contribution is -2.11. The van der Waals surface area contributed by atoms with Gasteiger partial charge in [0.25, 0.3) is 0 Å². The Morgan fingerprint density at radius 2 is 2.22 bits per heavy atom. The van der Waals surface area contributed by atoms with E-state index in [1.54, 1.807) is 11.3 Å². The predicted octanol–water partition coefficient (Wildman–Crippen LogP) is 2.92. The van der Waals surface area contributed by atoms with E-state index in [1.165, 1.54) is 29.6 Å². The summed E-state index contributed by atoms with van der Waals surface area (Å²) in [4.78, 5) is 22.5. The molecule has 0 aromatic carbocycles. The molecule has 4 nitrogen and oxygen atoms in total. The number of hydrogen-bond donors (Lipinski definition) is 1. The number of rotatable bonds is 2. The first kappa shape index (κ1) is 11.6. The Labute approximate surface area is 109 Å². The van der Waals surface area contributed by atoms with Gasteiger partial charge in [-0.05, 0) is 31.2 Å². The van der Waals surface area contributed by atoms with Gasteiger partial charge in [-0.1, -0.05) is 6.92 Å². The van der Waals surface area contributed by atoms with Crippen LogP contribution in [0.4, 0.5) is 5.82 Å². The van der Waals surface area contributed by atoms with Crippen LogP contribution in [0.5, 0.6) is 0 Å². The number of carbonyl (C=O) groups is 1. The molecular weight excluding hydrogens is 246 g/mol. The molecule has 1 amide bonds. The Hall–Kier alpha value is -1.49. The molecule has 18 heavy (non-hydrogen) atoms. The van der Waals surface area contributed by atoms with Crippen LogP contribution in [-0.4, -0.2) is 15.9 Å². The lowest BCUT2D eigenvalue weighted by molar-refractivity contribution is -0.115. The topological polar surface area (TPSA) is 54.9 Å². The van der Waals surface area contributed by atoms with Crippen molar-refractivity contribution in [3.8, 4) is 0 Å². The van der Waals surface area contributed by atoms with Crippen LogP contribution in [0.3, 0.4) is 0 Å². The van der Waals surface area contributed by atoms with Gasteiger partial charge in [-0.25, -0.2) is 9.97 Å². The van der Waals surface area contributed by atoms with Gasteiger partial charge >= 0.3 is 0 Å². The largest absolute Gasteiger partial charge is 0.310 e. The number of hydrogen-bond acceptors (Lipinski definition) is 4. The van der Waals surface area contributed by atoms with Crippen LogP contribution in [0.2, 0.25) is 0 Å². The highest BCUT2D eigenvalue weighted by Gasteiger charge is 2.20. The maximum atomic E-state index is 11.5. The van der Waals surface area contributed by atoms with Gasteiger partial charge in [-0.15, -0.1) is 11.3 Å². The molecule has 5 heteroatoms. The minimum Gasteiger partial charge on any atom is -0.310 e. The summed E-state index contributed by atoms with van der Waals surface area (Å²) in [6.45, 7) is 1.84. The molecule has 0 atom stereocenters. The first-order valence-corrected chi connectivity index (χ1v) is 7.16. The van der Waals surface area contributed by atoms with Gasteiger partial charge in [0.05, 0.1) is 5.39 Å². The summed E-state index contributed by atoms with van der Waals surface area (Å²) >= 11 is 1.75. The van der Waals surface area contributed by atoms with Gasteiger partial charge in [0.1, 0.15) is 17.0 Å². The number of aromatic nitrogens is 2.